The van der Waals surface area contributed by atoms with Crippen LogP contribution < -0.4 is 0 Å². The first-order valence-corrected chi connectivity index (χ1v) is 7.27. The largest absolute Gasteiger partial charge is 0.509 e. The zero-order chi connectivity index (χ0) is 19.1. The molecule has 0 aromatic heterocycles. The van der Waals surface area contributed by atoms with Gasteiger partial charge in [-0.15, -0.1) is 0 Å². The van der Waals surface area contributed by atoms with Crippen LogP contribution in [-0.2, 0) is 21.8 Å². The predicted molar refractivity (Wildman–Crippen MR) is 75.9 cm³/mol. The summed E-state index contributed by atoms with van der Waals surface area (Å²) in [7, 11) is 0. The van der Waals surface area contributed by atoms with Crippen molar-refractivity contribution in [3.8, 4) is 0 Å². The van der Waals surface area contributed by atoms with Crippen LogP contribution in [0.15, 0.2) is 48.5 Å². The van der Waals surface area contributed by atoms with Crippen molar-refractivity contribution in [1.82, 2.24) is 0 Å². The molecule has 0 unspecified atom stereocenters. The van der Waals surface area contributed by atoms with E-state index in [-0.39, 0.29) is 11.1 Å². The van der Waals surface area contributed by atoms with Gasteiger partial charge in [0.1, 0.15) is 0 Å². The Bertz CT molecular complexity index is 726. The lowest BCUT2D eigenvalue weighted by molar-refractivity contribution is -0.138. The second-order valence-corrected chi connectivity index (χ2v) is 5.57. The summed E-state index contributed by atoms with van der Waals surface area (Å²) in [6, 6.07) is 7.82. The van der Waals surface area contributed by atoms with Crippen LogP contribution in [0.3, 0.4) is 0 Å². The highest BCUT2D eigenvalue weighted by Crippen LogP contribution is 2.42. The number of halogens is 6. The third kappa shape index (κ3) is 3.61. The standard InChI is InChI=1S/C17H10F6O3/c18-16(19,20)11-5-1-9(2-6-11)13-14(26-15(24)25-13)10-3-7-12(8-4-10)17(21,22)23/h1-8,13-14H/t13-,14-/m1/s1. The van der Waals surface area contributed by atoms with Crippen molar-refractivity contribution in [2.75, 3.05) is 0 Å². The Hall–Kier alpha value is -2.71. The van der Waals surface area contributed by atoms with Gasteiger partial charge in [0.2, 0.25) is 0 Å². The monoisotopic (exact) mass is 376 g/mol. The normalized spacial score (nSPS) is 20.6. The first kappa shape index (κ1) is 18.1. The zero-order valence-electron chi connectivity index (χ0n) is 12.8. The lowest BCUT2D eigenvalue weighted by Crippen LogP contribution is -2.10. The second-order valence-electron chi connectivity index (χ2n) is 5.57. The average Bonchev–Trinajstić information content (AvgIpc) is 2.95. The molecular formula is C17H10F6O3. The first-order chi connectivity index (χ1) is 12.1. The number of ether oxygens (including phenoxy) is 2. The Morgan fingerprint density at radius 2 is 0.923 bits per heavy atom. The number of benzene rings is 2. The summed E-state index contributed by atoms with van der Waals surface area (Å²) in [5, 5.41) is 0. The maximum absolute atomic E-state index is 12.6. The maximum atomic E-state index is 12.6. The number of carbonyl (C=O) groups excluding carboxylic acids is 1. The molecule has 1 fully saturated rings. The Kier molecular flexibility index (Phi) is 4.33. The van der Waals surface area contributed by atoms with Crippen LogP contribution in [0.1, 0.15) is 34.5 Å². The highest BCUT2D eigenvalue weighted by Gasteiger charge is 2.40. The van der Waals surface area contributed by atoms with E-state index in [4.69, 9.17) is 9.47 Å². The lowest BCUT2D eigenvalue weighted by atomic mass is 9.97. The van der Waals surface area contributed by atoms with E-state index in [0.717, 1.165) is 48.5 Å². The van der Waals surface area contributed by atoms with Gasteiger partial charge in [0.15, 0.2) is 12.2 Å². The van der Waals surface area contributed by atoms with E-state index in [9.17, 15) is 31.1 Å². The molecule has 138 valence electrons. The predicted octanol–water partition coefficient (Wildman–Crippen LogP) is 5.67. The molecule has 0 aliphatic carbocycles. The molecule has 3 nitrogen and oxygen atoms in total. The summed E-state index contributed by atoms with van der Waals surface area (Å²) in [5.41, 5.74) is -1.29. The van der Waals surface area contributed by atoms with E-state index in [1.165, 1.54) is 0 Å². The third-order valence-electron chi connectivity index (χ3n) is 3.85. The van der Waals surface area contributed by atoms with Gasteiger partial charge in [0.05, 0.1) is 11.1 Å². The molecule has 2 aromatic rings. The van der Waals surface area contributed by atoms with E-state index >= 15 is 0 Å². The number of rotatable bonds is 2. The molecular weight excluding hydrogens is 366 g/mol. The molecule has 0 spiro atoms. The smallest absolute Gasteiger partial charge is 0.422 e. The number of carbonyl (C=O) groups is 1. The van der Waals surface area contributed by atoms with Gasteiger partial charge >= 0.3 is 18.5 Å². The molecule has 1 heterocycles. The van der Waals surface area contributed by atoms with Crippen molar-refractivity contribution >= 4 is 6.16 Å². The Labute approximate surface area is 143 Å². The zero-order valence-corrected chi connectivity index (χ0v) is 12.8. The van der Waals surface area contributed by atoms with Gasteiger partial charge in [-0.05, 0) is 35.4 Å². The summed E-state index contributed by atoms with van der Waals surface area (Å²) in [6.07, 6.45) is -12.2. The fourth-order valence-corrected chi connectivity index (χ4v) is 2.57. The van der Waals surface area contributed by atoms with Crippen molar-refractivity contribution < 1.29 is 40.6 Å². The number of cyclic esters (lactones) is 2. The van der Waals surface area contributed by atoms with Gasteiger partial charge in [-0.25, -0.2) is 4.79 Å². The van der Waals surface area contributed by atoms with Crippen LogP contribution in [0.5, 0.6) is 0 Å². The highest BCUT2D eigenvalue weighted by atomic mass is 19.4. The highest BCUT2D eigenvalue weighted by molar-refractivity contribution is 5.63. The van der Waals surface area contributed by atoms with Crippen molar-refractivity contribution in [2.24, 2.45) is 0 Å². The molecule has 0 amide bonds. The molecule has 1 aliphatic rings. The first-order valence-electron chi connectivity index (χ1n) is 7.27. The molecule has 2 atom stereocenters. The number of hydrogen-bond acceptors (Lipinski definition) is 3. The van der Waals surface area contributed by atoms with E-state index in [1.54, 1.807) is 0 Å². The molecule has 0 saturated carbocycles. The molecule has 0 radical (unpaired) electrons. The van der Waals surface area contributed by atoms with Crippen molar-refractivity contribution in [3.63, 3.8) is 0 Å². The second kappa shape index (κ2) is 6.22. The maximum Gasteiger partial charge on any atom is 0.509 e. The van der Waals surface area contributed by atoms with Crippen LogP contribution in [0.4, 0.5) is 31.1 Å². The Morgan fingerprint density at radius 3 is 1.19 bits per heavy atom. The minimum absolute atomic E-state index is 0.230. The fourth-order valence-electron chi connectivity index (χ4n) is 2.57. The summed E-state index contributed by atoms with van der Waals surface area (Å²) < 4.78 is 85.7. The van der Waals surface area contributed by atoms with E-state index in [2.05, 4.69) is 0 Å². The average molecular weight is 376 g/mol. The number of hydrogen-bond donors (Lipinski definition) is 0. The van der Waals surface area contributed by atoms with Gasteiger partial charge in [-0.2, -0.15) is 26.3 Å². The molecule has 0 N–H and O–H groups in total. The molecule has 1 saturated heterocycles. The summed E-state index contributed by atoms with van der Waals surface area (Å²) in [4.78, 5) is 11.5. The molecule has 0 bridgehead atoms. The molecule has 26 heavy (non-hydrogen) atoms. The number of alkyl halides is 6. The Balaban J connectivity index is 1.88. The molecule has 1 aliphatic heterocycles. The van der Waals surface area contributed by atoms with Crippen LogP contribution in [0, 0.1) is 0 Å². The topological polar surface area (TPSA) is 35.5 Å². The SMILES string of the molecule is O=C1O[C@H](c2ccc(C(F)(F)F)cc2)[C@@H](c2ccc(C(F)(F)F)cc2)O1. The third-order valence-corrected chi connectivity index (χ3v) is 3.85. The van der Waals surface area contributed by atoms with Crippen LogP contribution in [0.25, 0.3) is 0 Å². The van der Waals surface area contributed by atoms with Crippen LogP contribution in [0.2, 0.25) is 0 Å². The van der Waals surface area contributed by atoms with E-state index < -0.39 is 41.8 Å². The van der Waals surface area contributed by atoms with E-state index in [1.807, 2.05) is 0 Å². The lowest BCUT2D eigenvalue weighted by Gasteiger charge is -2.17. The fraction of sp³-hybridized carbons (Fsp3) is 0.235. The quantitative estimate of drug-likeness (QED) is 0.500. The van der Waals surface area contributed by atoms with Crippen molar-refractivity contribution in [1.29, 1.82) is 0 Å². The molecule has 9 heteroatoms. The minimum atomic E-state index is -4.52. The molecule has 3 rings (SSSR count). The minimum Gasteiger partial charge on any atom is -0.422 e. The van der Waals surface area contributed by atoms with Gasteiger partial charge in [0, 0.05) is 0 Å². The van der Waals surface area contributed by atoms with Gasteiger partial charge in [-0.1, -0.05) is 24.3 Å². The van der Waals surface area contributed by atoms with Gasteiger partial charge < -0.3 is 9.47 Å². The van der Waals surface area contributed by atoms with Gasteiger partial charge in [-0.3, -0.25) is 0 Å². The summed E-state index contributed by atoms with van der Waals surface area (Å²) in [5.74, 6) is 0. The van der Waals surface area contributed by atoms with Crippen LogP contribution >= 0.6 is 0 Å². The Morgan fingerprint density at radius 1 is 0.615 bits per heavy atom. The summed E-state index contributed by atoms with van der Waals surface area (Å²) in [6.45, 7) is 0. The van der Waals surface area contributed by atoms with Crippen molar-refractivity contribution in [2.45, 2.75) is 24.6 Å². The van der Waals surface area contributed by atoms with Gasteiger partial charge in [0.25, 0.3) is 0 Å². The van der Waals surface area contributed by atoms with E-state index in [0.29, 0.717) is 0 Å². The molecule has 2 aromatic carbocycles. The van der Waals surface area contributed by atoms with Crippen LogP contribution in [-0.4, -0.2) is 6.16 Å². The van der Waals surface area contributed by atoms with Crippen molar-refractivity contribution in [3.05, 3.63) is 70.8 Å². The summed E-state index contributed by atoms with van der Waals surface area (Å²) >= 11 is 0.